The molecule has 1 spiro atoms. The summed E-state index contributed by atoms with van der Waals surface area (Å²) in [6.45, 7) is 16.1. The molecule has 3 amide bonds. The predicted octanol–water partition coefficient (Wildman–Crippen LogP) is 3.65. The topological polar surface area (TPSA) is 121 Å². The van der Waals surface area contributed by atoms with Crippen LogP contribution in [0.3, 0.4) is 0 Å². The van der Waals surface area contributed by atoms with Crippen LogP contribution >= 0.6 is 0 Å². The number of carbonyl (C=O) groups is 3. The van der Waals surface area contributed by atoms with Crippen LogP contribution in [0.2, 0.25) is 0 Å². The predicted molar refractivity (Wildman–Crippen MR) is 181 cm³/mol. The van der Waals surface area contributed by atoms with Gasteiger partial charge in [0.05, 0.1) is 35.6 Å². The molecule has 0 saturated carbocycles. The molecule has 0 aliphatic carbocycles. The Morgan fingerprint density at radius 3 is 2.40 bits per heavy atom. The molecule has 3 aliphatic heterocycles. The Morgan fingerprint density at radius 2 is 1.73 bits per heavy atom. The smallest absolute Gasteiger partial charge is 0.250 e. The van der Waals surface area contributed by atoms with Gasteiger partial charge in [0.15, 0.2) is 0 Å². The van der Waals surface area contributed by atoms with E-state index in [9.17, 15) is 14.7 Å². The highest BCUT2D eigenvalue weighted by molar-refractivity contribution is 5.99. The molecule has 1 N–H and O–H groups in total. The van der Waals surface area contributed by atoms with Crippen LogP contribution in [0, 0.1) is 23.7 Å². The maximum absolute atomic E-state index is 15.0. The van der Waals surface area contributed by atoms with E-state index in [0.29, 0.717) is 25.0 Å². The zero-order valence-electron chi connectivity index (χ0n) is 28.2. The number of aliphatic hydroxyl groups excluding tert-OH is 1. The Balaban J connectivity index is 1.43. The minimum atomic E-state index is -1.28. The largest absolute Gasteiger partial charge is 0.394 e. The van der Waals surface area contributed by atoms with E-state index >= 15 is 4.79 Å². The summed E-state index contributed by atoms with van der Waals surface area (Å²) in [7, 11) is 0. The number of likely N-dealkylation sites (tertiary alicyclic amines) is 1. The summed E-state index contributed by atoms with van der Waals surface area (Å²) in [5.41, 5.74) is 0.145. The summed E-state index contributed by atoms with van der Waals surface area (Å²) in [6, 6.07) is 15.5. The van der Waals surface area contributed by atoms with Crippen molar-refractivity contribution < 1.29 is 24.2 Å². The van der Waals surface area contributed by atoms with Gasteiger partial charge in [-0.3, -0.25) is 14.4 Å². The number of fused-ring (bicyclic) bond motifs is 2. The van der Waals surface area contributed by atoms with E-state index in [0.717, 1.165) is 11.1 Å². The standard InChI is InChI=1S/C37H46N6O5/c1-7-18-40(21-26-14-10-9-11-15-26)33(45)30-31-34(46)43(29(22-44)24(3)4)32(37(31)20-25(5)36(30,6)48-37)35(47)41(19-8-2)23-42-28-17-13-12-16-27(28)38-39-42/h7-17,24-25,29-32,44H,1-2,18-23H2,3-6H3/t25?,29-,30-,31-,32?,36+,37?/m0/s1. The second-order valence-electron chi connectivity index (χ2n) is 14.0. The van der Waals surface area contributed by atoms with Crippen molar-refractivity contribution in [2.45, 2.75) is 70.6 Å². The first-order valence-electron chi connectivity index (χ1n) is 16.8. The number of aliphatic hydroxyl groups is 1. The minimum absolute atomic E-state index is 0.0650. The number of ether oxygens (including phenoxy) is 1. The fraction of sp³-hybridized carbons (Fsp3) is 0.486. The van der Waals surface area contributed by atoms with Crippen molar-refractivity contribution in [3.63, 3.8) is 0 Å². The Morgan fingerprint density at radius 1 is 1.06 bits per heavy atom. The highest BCUT2D eigenvalue weighted by Crippen LogP contribution is 2.66. The van der Waals surface area contributed by atoms with Crippen LogP contribution in [0.5, 0.6) is 0 Å². The Bertz CT molecular complexity index is 1710. The molecule has 2 bridgehead atoms. The SMILES string of the molecule is C=CCN(Cn1nnc2ccccc21)C(=O)C1N([C@@H](CO)C(C)C)C(=O)[C@@H]2[C@@H](C(=O)N(CC=C)Cc3ccccc3)[C@]3(C)OC12CC3C. The van der Waals surface area contributed by atoms with Gasteiger partial charge in [-0.2, -0.15) is 0 Å². The van der Waals surface area contributed by atoms with Crippen molar-refractivity contribution in [2.75, 3.05) is 19.7 Å². The van der Waals surface area contributed by atoms with Gasteiger partial charge in [-0.25, -0.2) is 4.68 Å². The first-order valence-corrected chi connectivity index (χ1v) is 16.8. The number of hydrogen-bond acceptors (Lipinski definition) is 7. The maximum Gasteiger partial charge on any atom is 0.250 e. The third-order valence-electron chi connectivity index (χ3n) is 10.8. The quantitative estimate of drug-likeness (QED) is 0.280. The molecule has 3 saturated heterocycles. The molecule has 4 heterocycles. The highest BCUT2D eigenvalue weighted by Gasteiger charge is 2.80. The average Bonchev–Trinajstić information content (AvgIpc) is 3.74. The van der Waals surface area contributed by atoms with Crippen LogP contribution in [0.4, 0.5) is 0 Å². The maximum atomic E-state index is 15.0. The Hall–Kier alpha value is -4.35. The zero-order chi connectivity index (χ0) is 34.4. The second kappa shape index (κ2) is 12.9. The number of hydrogen-bond donors (Lipinski definition) is 1. The Labute approximate surface area is 281 Å². The summed E-state index contributed by atoms with van der Waals surface area (Å²) in [4.78, 5) is 49.5. The first-order chi connectivity index (χ1) is 23.0. The fourth-order valence-corrected chi connectivity index (χ4v) is 8.43. The van der Waals surface area contributed by atoms with Crippen molar-refractivity contribution in [1.82, 2.24) is 29.7 Å². The molecule has 3 aliphatic rings. The summed E-state index contributed by atoms with van der Waals surface area (Å²) >= 11 is 0. The van der Waals surface area contributed by atoms with Gasteiger partial charge in [0, 0.05) is 19.6 Å². The lowest BCUT2D eigenvalue weighted by molar-refractivity contribution is -0.159. The average molecular weight is 655 g/mol. The van der Waals surface area contributed by atoms with Gasteiger partial charge >= 0.3 is 0 Å². The lowest BCUT2D eigenvalue weighted by Gasteiger charge is -2.40. The molecule has 6 rings (SSSR count). The van der Waals surface area contributed by atoms with Crippen molar-refractivity contribution in [2.24, 2.45) is 23.7 Å². The van der Waals surface area contributed by atoms with Crippen molar-refractivity contribution in [1.29, 1.82) is 0 Å². The van der Waals surface area contributed by atoms with Crippen LogP contribution in [-0.2, 0) is 32.3 Å². The number of amides is 3. The van der Waals surface area contributed by atoms with Crippen LogP contribution < -0.4 is 0 Å². The highest BCUT2D eigenvalue weighted by atomic mass is 16.5. The van der Waals surface area contributed by atoms with Crippen molar-refractivity contribution >= 4 is 28.8 Å². The van der Waals surface area contributed by atoms with E-state index in [1.165, 1.54) is 0 Å². The molecule has 3 unspecified atom stereocenters. The first kappa shape index (κ1) is 33.5. The van der Waals surface area contributed by atoms with Crippen LogP contribution in [0.1, 0.15) is 39.7 Å². The van der Waals surface area contributed by atoms with Crippen molar-refractivity contribution in [3.05, 3.63) is 85.5 Å². The number of nitrogens with zero attached hydrogens (tertiary/aromatic N) is 6. The van der Waals surface area contributed by atoms with Gasteiger partial charge in [0.25, 0.3) is 0 Å². The number of para-hydroxylation sites is 1. The van der Waals surface area contributed by atoms with E-state index in [1.54, 1.807) is 31.5 Å². The van der Waals surface area contributed by atoms with Crippen LogP contribution in [0.15, 0.2) is 79.9 Å². The number of aromatic nitrogens is 3. The summed E-state index contributed by atoms with van der Waals surface area (Å²) in [6.07, 6.45) is 3.74. The van der Waals surface area contributed by atoms with Gasteiger partial charge in [0.1, 0.15) is 23.8 Å². The van der Waals surface area contributed by atoms with Gasteiger partial charge in [0.2, 0.25) is 17.7 Å². The fourth-order valence-electron chi connectivity index (χ4n) is 8.43. The second-order valence-corrected chi connectivity index (χ2v) is 14.0. The molecule has 3 fully saturated rings. The number of benzene rings is 2. The normalized spacial score (nSPS) is 28.1. The number of carbonyl (C=O) groups excluding carboxylic acids is 3. The molecule has 3 aromatic rings. The zero-order valence-corrected chi connectivity index (χ0v) is 28.2. The van der Waals surface area contributed by atoms with Crippen LogP contribution in [0.25, 0.3) is 11.0 Å². The van der Waals surface area contributed by atoms with E-state index in [2.05, 4.69) is 23.5 Å². The molecule has 2 aromatic carbocycles. The van der Waals surface area contributed by atoms with Gasteiger partial charge < -0.3 is 24.5 Å². The summed E-state index contributed by atoms with van der Waals surface area (Å²) < 4.78 is 8.66. The Kier molecular flexibility index (Phi) is 9.04. The molecule has 7 atom stereocenters. The minimum Gasteiger partial charge on any atom is -0.394 e. The van der Waals surface area contributed by atoms with E-state index in [4.69, 9.17) is 4.74 Å². The van der Waals surface area contributed by atoms with E-state index < -0.39 is 35.1 Å². The van der Waals surface area contributed by atoms with E-state index in [-0.39, 0.29) is 49.4 Å². The molecule has 11 nitrogen and oxygen atoms in total. The third kappa shape index (κ3) is 5.24. The third-order valence-corrected chi connectivity index (χ3v) is 10.8. The van der Waals surface area contributed by atoms with Gasteiger partial charge in [-0.05, 0) is 42.9 Å². The molecule has 11 heteroatoms. The van der Waals surface area contributed by atoms with E-state index in [1.807, 2.05) is 82.3 Å². The molecular weight excluding hydrogens is 608 g/mol. The number of rotatable bonds is 13. The molecular formula is C37H46N6O5. The lowest BCUT2D eigenvalue weighted by Crippen LogP contribution is -2.60. The van der Waals surface area contributed by atoms with Gasteiger partial charge in [-0.1, -0.05) is 80.6 Å². The molecule has 0 radical (unpaired) electrons. The summed E-state index contributed by atoms with van der Waals surface area (Å²) in [5, 5.41) is 19.3. The lowest BCUT2D eigenvalue weighted by atomic mass is 9.62. The summed E-state index contributed by atoms with van der Waals surface area (Å²) in [5.74, 6) is -2.94. The van der Waals surface area contributed by atoms with Gasteiger partial charge in [-0.15, -0.1) is 18.3 Å². The molecule has 1 aromatic heterocycles. The van der Waals surface area contributed by atoms with Crippen LogP contribution in [-0.4, -0.2) is 95.5 Å². The monoisotopic (exact) mass is 654 g/mol. The van der Waals surface area contributed by atoms with Crippen molar-refractivity contribution in [3.8, 4) is 0 Å². The molecule has 48 heavy (non-hydrogen) atoms. The molecule has 254 valence electrons.